The predicted octanol–water partition coefficient (Wildman–Crippen LogP) is 3.45. The molecule has 0 amide bonds. The van der Waals surface area contributed by atoms with Crippen molar-refractivity contribution in [1.82, 2.24) is 9.97 Å². The molecule has 1 saturated carbocycles. The molecule has 1 N–H and O–H groups in total. The van der Waals surface area contributed by atoms with Crippen LogP contribution in [0.4, 0.5) is 5.95 Å². The van der Waals surface area contributed by atoms with Crippen molar-refractivity contribution in [2.24, 2.45) is 0 Å². The summed E-state index contributed by atoms with van der Waals surface area (Å²) < 4.78 is 4.94. The van der Waals surface area contributed by atoms with Crippen LogP contribution in [0.5, 0.6) is 0 Å². The molecule has 0 bridgehead atoms. The van der Waals surface area contributed by atoms with E-state index in [2.05, 4.69) is 46.5 Å². The number of carbonyl (C=O) groups excluding carboxylic acids is 1. The molecule has 0 unspecified atom stereocenters. The van der Waals surface area contributed by atoms with Crippen LogP contribution in [0.1, 0.15) is 47.7 Å². The third-order valence-electron chi connectivity index (χ3n) is 4.29. The van der Waals surface area contributed by atoms with Crippen molar-refractivity contribution >= 4 is 11.9 Å². The number of hydrogen-bond acceptors (Lipinski definition) is 5. The largest absolute Gasteiger partial charge is 0.462 e. The first kappa shape index (κ1) is 15.5. The molecule has 1 fully saturated rings. The van der Waals surface area contributed by atoms with E-state index in [1.54, 1.807) is 6.92 Å². The summed E-state index contributed by atoms with van der Waals surface area (Å²) in [5.74, 6) is 0.148. The highest BCUT2D eigenvalue weighted by molar-refractivity contribution is 5.88. The van der Waals surface area contributed by atoms with E-state index in [0.717, 1.165) is 12.8 Å². The van der Waals surface area contributed by atoms with Gasteiger partial charge in [-0.1, -0.05) is 29.8 Å². The average molecular weight is 311 g/mol. The van der Waals surface area contributed by atoms with Crippen LogP contribution in [0, 0.1) is 6.92 Å². The van der Waals surface area contributed by atoms with Crippen LogP contribution in [0.15, 0.2) is 36.7 Å². The minimum absolute atomic E-state index is 0.0997. The van der Waals surface area contributed by atoms with Gasteiger partial charge >= 0.3 is 5.97 Å². The zero-order valence-electron chi connectivity index (χ0n) is 13.5. The van der Waals surface area contributed by atoms with E-state index in [1.807, 2.05) is 0 Å². The Hall–Kier alpha value is -2.43. The molecule has 1 aromatic heterocycles. The van der Waals surface area contributed by atoms with E-state index in [4.69, 9.17) is 4.74 Å². The zero-order valence-corrected chi connectivity index (χ0v) is 13.5. The molecule has 1 aliphatic rings. The van der Waals surface area contributed by atoms with Crippen LogP contribution in [-0.2, 0) is 10.3 Å². The second kappa shape index (κ2) is 6.36. The maximum absolute atomic E-state index is 11.6. The standard InChI is InChI=1S/C18H21N3O2/c1-3-23-16(22)14-11-19-17(20-12-14)21-18(8-5-9-18)15-7-4-6-13(2)10-15/h4,6-7,10-12H,3,5,8-9H2,1-2H3,(H,19,20,21). The van der Waals surface area contributed by atoms with Crippen molar-refractivity contribution in [3.05, 3.63) is 53.3 Å². The molecule has 1 aromatic carbocycles. The van der Waals surface area contributed by atoms with Crippen molar-refractivity contribution in [1.29, 1.82) is 0 Å². The van der Waals surface area contributed by atoms with Crippen molar-refractivity contribution in [2.45, 2.75) is 38.6 Å². The highest BCUT2D eigenvalue weighted by atomic mass is 16.5. The molecular formula is C18H21N3O2. The molecule has 5 heteroatoms. The second-order valence-electron chi connectivity index (χ2n) is 5.95. The molecule has 0 saturated heterocycles. The van der Waals surface area contributed by atoms with Crippen LogP contribution in [-0.4, -0.2) is 22.5 Å². The minimum Gasteiger partial charge on any atom is -0.462 e. The van der Waals surface area contributed by atoms with E-state index < -0.39 is 5.97 Å². The Morgan fingerprint density at radius 1 is 1.30 bits per heavy atom. The number of carbonyl (C=O) groups is 1. The Morgan fingerprint density at radius 3 is 2.61 bits per heavy atom. The van der Waals surface area contributed by atoms with Gasteiger partial charge in [-0.15, -0.1) is 0 Å². The minimum atomic E-state index is -0.393. The van der Waals surface area contributed by atoms with E-state index in [-0.39, 0.29) is 5.54 Å². The van der Waals surface area contributed by atoms with Crippen LogP contribution in [0.25, 0.3) is 0 Å². The summed E-state index contributed by atoms with van der Waals surface area (Å²) in [5.41, 5.74) is 2.78. The number of nitrogens with zero attached hydrogens (tertiary/aromatic N) is 2. The highest BCUT2D eigenvalue weighted by Crippen LogP contribution is 2.43. The molecule has 1 heterocycles. The molecule has 0 atom stereocenters. The third-order valence-corrected chi connectivity index (χ3v) is 4.29. The molecule has 0 spiro atoms. The monoisotopic (exact) mass is 311 g/mol. The second-order valence-corrected chi connectivity index (χ2v) is 5.95. The fraction of sp³-hybridized carbons (Fsp3) is 0.389. The molecule has 0 radical (unpaired) electrons. The van der Waals surface area contributed by atoms with Gasteiger partial charge in [0.1, 0.15) is 0 Å². The molecular weight excluding hydrogens is 290 g/mol. The average Bonchev–Trinajstić information content (AvgIpc) is 2.52. The van der Waals surface area contributed by atoms with Crippen LogP contribution in [0.3, 0.4) is 0 Å². The van der Waals surface area contributed by atoms with Gasteiger partial charge in [0.05, 0.1) is 17.7 Å². The zero-order chi connectivity index (χ0) is 16.3. The first-order valence-electron chi connectivity index (χ1n) is 7.97. The number of ether oxygens (including phenoxy) is 1. The number of rotatable bonds is 5. The lowest BCUT2D eigenvalue weighted by Gasteiger charge is -2.43. The van der Waals surface area contributed by atoms with Crippen LogP contribution >= 0.6 is 0 Å². The Labute approximate surface area is 136 Å². The predicted molar refractivity (Wildman–Crippen MR) is 88.3 cm³/mol. The molecule has 1 aliphatic carbocycles. The summed E-state index contributed by atoms with van der Waals surface area (Å²) >= 11 is 0. The topological polar surface area (TPSA) is 64.1 Å². The van der Waals surface area contributed by atoms with Gasteiger partial charge in [-0.3, -0.25) is 0 Å². The maximum atomic E-state index is 11.6. The van der Waals surface area contributed by atoms with Gasteiger partial charge in [0, 0.05) is 12.4 Å². The van der Waals surface area contributed by atoms with E-state index >= 15 is 0 Å². The maximum Gasteiger partial charge on any atom is 0.341 e. The number of benzene rings is 1. The smallest absolute Gasteiger partial charge is 0.341 e. The number of esters is 1. The van der Waals surface area contributed by atoms with E-state index in [9.17, 15) is 4.79 Å². The summed E-state index contributed by atoms with van der Waals surface area (Å²) in [5, 5.41) is 3.46. The summed E-state index contributed by atoms with van der Waals surface area (Å²) in [4.78, 5) is 20.2. The third kappa shape index (κ3) is 3.18. The molecule has 5 nitrogen and oxygen atoms in total. The van der Waals surface area contributed by atoms with Gasteiger partial charge in [-0.2, -0.15) is 0 Å². The molecule has 120 valence electrons. The Kier molecular flexibility index (Phi) is 4.28. The fourth-order valence-electron chi connectivity index (χ4n) is 2.89. The Balaban J connectivity index is 1.78. The number of aromatic nitrogens is 2. The van der Waals surface area contributed by atoms with Crippen molar-refractivity contribution in [3.8, 4) is 0 Å². The Bertz CT molecular complexity index is 694. The summed E-state index contributed by atoms with van der Waals surface area (Å²) in [6, 6.07) is 8.53. The summed E-state index contributed by atoms with van der Waals surface area (Å²) in [6.45, 7) is 4.21. The molecule has 0 aliphatic heterocycles. The van der Waals surface area contributed by atoms with E-state index in [1.165, 1.54) is 29.9 Å². The van der Waals surface area contributed by atoms with Crippen LogP contribution < -0.4 is 5.32 Å². The van der Waals surface area contributed by atoms with Gasteiger partial charge in [-0.05, 0) is 38.7 Å². The Morgan fingerprint density at radius 2 is 2.04 bits per heavy atom. The normalized spacial score (nSPS) is 15.6. The summed E-state index contributed by atoms with van der Waals surface area (Å²) in [6.07, 6.45) is 6.31. The molecule has 23 heavy (non-hydrogen) atoms. The lowest BCUT2D eigenvalue weighted by molar-refractivity contribution is 0.0525. The van der Waals surface area contributed by atoms with Crippen molar-refractivity contribution in [2.75, 3.05) is 11.9 Å². The number of aryl methyl sites for hydroxylation is 1. The fourth-order valence-corrected chi connectivity index (χ4v) is 2.89. The summed E-state index contributed by atoms with van der Waals surface area (Å²) in [7, 11) is 0. The SMILES string of the molecule is CCOC(=O)c1cnc(NC2(c3cccc(C)c3)CCC2)nc1. The van der Waals surface area contributed by atoms with Gasteiger partial charge in [-0.25, -0.2) is 14.8 Å². The van der Waals surface area contributed by atoms with Crippen molar-refractivity contribution < 1.29 is 9.53 Å². The quantitative estimate of drug-likeness (QED) is 0.857. The lowest BCUT2D eigenvalue weighted by atomic mass is 9.71. The molecule has 3 rings (SSSR count). The first-order valence-corrected chi connectivity index (χ1v) is 7.97. The van der Waals surface area contributed by atoms with Crippen LogP contribution in [0.2, 0.25) is 0 Å². The van der Waals surface area contributed by atoms with Gasteiger partial charge in [0.15, 0.2) is 0 Å². The number of nitrogens with one attached hydrogen (secondary N) is 1. The van der Waals surface area contributed by atoms with Gasteiger partial charge < -0.3 is 10.1 Å². The first-order chi connectivity index (χ1) is 11.1. The number of anilines is 1. The molecule has 2 aromatic rings. The lowest BCUT2D eigenvalue weighted by Crippen LogP contribution is -2.42. The number of hydrogen-bond donors (Lipinski definition) is 1. The highest BCUT2D eigenvalue weighted by Gasteiger charge is 2.39. The van der Waals surface area contributed by atoms with Crippen molar-refractivity contribution in [3.63, 3.8) is 0 Å². The van der Waals surface area contributed by atoms with Gasteiger partial charge in [0.2, 0.25) is 5.95 Å². The van der Waals surface area contributed by atoms with E-state index in [0.29, 0.717) is 18.1 Å². The van der Waals surface area contributed by atoms with Gasteiger partial charge in [0.25, 0.3) is 0 Å².